The number of carbonyl (C=O) groups excluding carboxylic acids is 1. The number of carboxylic acid groups (broad SMARTS) is 1. The minimum absolute atomic E-state index is 0.0824. The lowest BCUT2D eigenvalue weighted by molar-refractivity contribution is -0.138. The van der Waals surface area contributed by atoms with E-state index < -0.39 is 17.9 Å². The van der Waals surface area contributed by atoms with Crippen molar-refractivity contribution < 1.29 is 14.7 Å². The number of aliphatic carboxylic acids is 1. The predicted octanol–water partition coefficient (Wildman–Crippen LogP) is 6.69. The van der Waals surface area contributed by atoms with Crippen LogP contribution in [0.1, 0.15) is 110 Å². The third kappa shape index (κ3) is 13.4. The van der Waals surface area contributed by atoms with Gasteiger partial charge in [0.1, 0.15) is 6.04 Å². The minimum Gasteiger partial charge on any atom is -0.480 e. The monoisotopic (exact) mass is 446 g/mol. The Kier molecular flexibility index (Phi) is 16.2. The average molecular weight is 447 g/mol. The van der Waals surface area contributed by atoms with Gasteiger partial charge in [0.25, 0.3) is 0 Å². The molecule has 0 radical (unpaired) electrons. The summed E-state index contributed by atoms with van der Waals surface area (Å²) in [5.41, 5.74) is 6.15. The van der Waals surface area contributed by atoms with Gasteiger partial charge in [-0.1, -0.05) is 109 Å². The predicted molar refractivity (Wildman–Crippen MR) is 134 cm³/mol. The van der Waals surface area contributed by atoms with Crippen LogP contribution in [0.3, 0.4) is 0 Å². The highest BCUT2D eigenvalue weighted by atomic mass is 16.4. The van der Waals surface area contributed by atoms with Crippen molar-refractivity contribution in [1.82, 2.24) is 0 Å². The Bertz CT molecular complexity index is 606. The number of anilines is 1. The zero-order valence-corrected chi connectivity index (χ0v) is 20.3. The fourth-order valence-electron chi connectivity index (χ4n) is 4.25. The van der Waals surface area contributed by atoms with E-state index in [4.69, 9.17) is 5.73 Å². The molecule has 1 aromatic carbocycles. The maximum absolute atomic E-state index is 11.9. The summed E-state index contributed by atoms with van der Waals surface area (Å²) >= 11 is 0. The molecule has 0 spiro atoms. The Hall–Kier alpha value is -2.04. The third-order valence-corrected chi connectivity index (χ3v) is 6.17. The number of rotatable bonds is 21. The van der Waals surface area contributed by atoms with E-state index in [0.29, 0.717) is 6.54 Å². The molecule has 3 N–H and O–H groups in total. The topological polar surface area (TPSA) is 83.6 Å². The van der Waals surface area contributed by atoms with Crippen LogP contribution in [0, 0.1) is 0 Å². The molecule has 182 valence electrons. The highest BCUT2D eigenvalue weighted by Crippen LogP contribution is 2.21. The molecule has 0 aliphatic carbocycles. The van der Waals surface area contributed by atoms with Crippen molar-refractivity contribution in [3.05, 3.63) is 30.3 Å². The molecule has 0 fully saturated rings. The molecule has 1 atom stereocenters. The first-order chi connectivity index (χ1) is 15.6. The lowest BCUT2D eigenvalue weighted by Crippen LogP contribution is -2.42. The van der Waals surface area contributed by atoms with Crippen molar-refractivity contribution in [2.24, 2.45) is 5.73 Å². The van der Waals surface area contributed by atoms with E-state index in [1.165, 1.54) is 77.0 Å². The molecule has 5 heteroatoms. The van der Waals surface area contributed by atoms with Crippen LogP contribution >= 0.6 is 0 Å². The van der Waals surface area contributed by atoms with Crippen molar-refractivity contribution in [2.45, 2.75) is 116 Å². The number of hydrogen-bond donors (Lipinski definition) is 2. The summed E-state index contributed by atoms with van der Waals surface area (Å²) in [7, 11) is 0. The smallest absolute Gasteiger partial charge is 0.326 e. The molecular weight excluding hydrogens is 400 g/mol. The third-order valence-electron chi connectivity index (χ3n) is 6.17. The molecule has 5 nitrogen and oxygen atoms in total. The molecule has 1 amide bonds. The van der Waals surface area contributed by atoms with Gasteiger partial charge in [-0.05, 0) is 25.0 Å². The second kappa shape index (κ2) is 18.5. The van der Waals surface area contributed by atoms with Gasteiger partial charge in [0.15, 0.2) is 0 Å². The number of hydrogen-bond acceptors (Lipinski definition) is 3. The lowest BCUT2D eigenvalue weighted by Gasteiger charge is -2.31. The van der Waals surface area contributed by atoms with Crippen LogP contribution in [0.2, 0.25) is 0 Å². The number of carbonyl (C=O) groups is 2. The van der Waals surface area contributed by atoms with Crippen LogP contribution in [-0.4, -0.2) is 29.6 Å². The maximum atomic E-state index is 11.9. The van der Waals surface area contributed by atoms with E-state index in [2.05, 4.69) is 6.92 Å². The number of nitrogens with two attached hydrogens (primary N) is 1. The van der Waals surface area contributed by atoms with Gasteiger partial charge in [-0.25, -0.2) is 4.79 Å². The van der Waals surface area contributed by atoms with Crippen LogP contribution in [0.5, 0.6) is 0 Å². The number of amides is 1. The molecule has 0 aromatic heterocycles. The highest BCUT2D eigenvalue weighted by Gasteiger charge is 2.25. The molecule has 0 saturated carbocycles. The molecule has 0 heterocycles. The van der Waals surface area contributed by atoms with Crippen molar-refractivity contribution in [1.29, 1.82) is 0 Å². The Balaban J connectivity index is 2.26. The van der Waals surface area contributed by atoms with Gasteiger partial charge < -0.3 is 15.7 Å². The first-order valence-electron chi connectivity index (χ1n) is 12.9. The van der Waals surface area contributed by atoms with Gasteiger partial charge in [-0.2, -0.15) is 0 Å². The lowest BCUT2D eigenvalue weighted by atomic mass is 10.0. The minimum atomic E-state index is -0.902. The number of carboxylic acids is 1. The summed E-state index contributed by atoms with van der Waals surface area (Å²) in [5.74, 6) is -1.36. The molecule has 1 rings (SSSR count). The maximum Gasteiger partial charge on any atom is 0.326 e. The highest BCUT2D eigenvalue weighted by molar-refractivity contribution is 5.80. The molecular formula is C27H46N2O3. The normalized spacial score (nSPS) is 11.9. The average Bonchev–Trinajstić information content (AvgIpc) is 2.78. The number of primary amides is 1. The number of para-hydroxylation sites is 1. The van der Waals surface area contributed by atoms with E-state index in [1.54, 1.807) is 0 Å². The van der Waals surface area contributed by atoms with Crippen molar-refractivity contribution >= 4 is 17.6 Å². The summed E-state index contributed by atoms with van der Waals surface area (Å²) in [6, 6.07) is 8.90. The molecule has 0 unspecified atom stereocenters. The van der Waals surface area contributed by atoms with Crippen LogP contribution in [0.25, 0.3) is 0 Å². The van der Waals surface area contributed by atoms with Crippen molar-refractivity contribution in [2.75, 3.05) is 11.4 Å². The Morgan fingerprint density at radius 1 is 0.812 bits per heavy atom. The zero-order chi connectivity index (χ0) is 23.4. The van der Waals surface area contributed by atoms with E-state index in [-0.39, 0.29) is 12.8 Å². The molecule has 0 aliphatic rings. The van der Waals surface area contributed by atoms with Gasteiger partial charge in [0, 0.05) is 18.7 Å². The van der Waals surface area contributed by atoms with Crippen LogP contribution in [0.15, 0.2) is 30.3 Å². The van der Waals surface area contributed by atoms with Crippen molar-refractivity contribution in [3.63, 3.8) is 0 Å². The Labute approximate surface area is 195 Å². The molecule has 1 aromatic rings. The Morgan fingerprint density at radius 2 is 1.28 bits per heavy atom. The SMILES string of the molecule is CCCCCCCCCCCCCCCCN(c1ccccc1)[C@@H](CCC(N)=O)C(=O)O. The second-order valence-corrected chi connectivity index (χ2v) is 8.98. The molecule has 0 saturated heterocycles. The number of unbranched alkanes of at least 4 members (excludes halogenated alkanes) is 13. The van der Waals surface area contributed by atoms with Gasteiger partial charge in [0.05, 0.1) is 0 Å². The Morgan fingerprint density at radius 3 is 1.72 bits per heavy atom. The van der Waals surface area contributed by atoms with E-state index in [9.17, 15) is 14.7 Å². The second-order valence-electron chi connectivity index (χ2n) is 8.98. The van der Waals surface area contributed by atoms with Crippen LogP contribution < -0.4 is 10.6 Å². The first kappa shape index (κ1) is 28.0. The summed E-state index contributed by atoms with van der Waals surface area (Å²) in [4.78, 5) is 25.0. The van der Waals surface area contributed by atoms with Gasteiger partial charge in [-0.3, -0.25) is 4.79 Å². The standard InChI is InChI=1S/C27H46N2O3/c1-2-3-4-5-6-7-8-9-10-11-12-13-14-18-23-29(24-19-16-15-17-20-24)25(27(31)32)21-22-26(28)30/h15-17,19-20,25H,2-14,18,21-23H2,1H3,(H2,28,30)(H,31,32)/t25-/m0/s1. The van der Waals surface area contributed by atoms with Gasteiger partial charge >= 0.3 is 5.97 Å². The number of benzene rings is 1. The largest absolute Gasteiger partial charge is 0.480 e. The summed E-state index contributed by atoms with van der Waals surface area (Å²) in [5, 5.41) is 9.74. The van der Waals surface area contributed by atoms with E-state index in [1.807, 2.05) is 35.2 Å². The summed E-state index contributed by atoms with van der Waals surface area (Å²) in [6.07, 6.45) is 18.5. The van der Waals surface area contributed by atoms with E-state index in [0.717, 1.165) is 18.5 Å². The first-order valence-corrected chi connectivity index (χ1v) is 12.9. The van der Waals surface area contributed by atoms with Crippen LogP contribution in [0.4, 0.5) is 5.69 Å². The summed E-state index contributed by atoms with van der Waals surface area (Å²) in [6.45, 7) is 2.94. The van der Waals surface area contributed by atoms with Crippen molar-refractivity contribution in [3.8, 4) is 0 Å². The summed E-state index contributed by atoms with van der Waals surface area (Å²) < 4.78 is 0. The van der Waals surface area contributed by atoms with E-state index >= 15 is 0 Å². The van der Waals surface area contributed by atoms with Crippen LogP contribution in [-0.2, 0) is 9.59 Å². The molecule has 0 bridgehead atoms. The number of nitrogens with zero attached hydrogens (tertiary/aromatic N) is 1. The fraction of sp³-hybridized carbons (Fsp3) is 0.704. The molecule has 0 aliphatic heterocycles. The zero-order valence-electron chi connectivity index (χ0n) is 20.3. The van der Waals surface area contributed by atoms with Gasteiger partial charge in [0.2, 0.25) is 5.91 Å². The quantitative estimate of drug-likeness (QED) is 0.206. The fourth-order valence-corrected chi connectivity index (χ4v) is 4.25. The van der Waals surface area contributed by atoms with Gasteiger partial charge in [-0.15, -0.1) is 0 Å². The molecule has 32 heavy (non-hydrogen) atoms.